The van der Waals surface area contributed by atoms with Crippen LogP contribution in [0.5, 0.6) is 0 Å². The average molecular weight is 358 g/mol. The average Bonchev–Trinajstić information content (AvgIpc) is 3.13. The minimum Gasteiger partial charge on any atom is -0.381 e. The van der Waals surface area contributed by atoms with E-state index in [1.807, 2.05) is 29.3 Å². The standard InChI is InChI=1S/C19H26N4O3/c1-22(2)19(25)23(16-6-11-26-12-7-16)10-9-21-18(24)15-3-4-17-14(13-15)5-8-20-17/h3-5,8,13,16,20H,6-7,9-12H2,1-2H3,(H,21,24). The highest BCUT2D eigenvalue weighted by atomic mass is 16.5. The first-order valence-corrected chi connectivity index (χ1v) is 8.97. The zero-order valence-corrected chi connectivity index (χ0v) is 15.3. The quantitative estimate of drug-likeness (QED) is 0.859. The number of nitrogens with one attached hydrogen (secondary N) is 2. The second kappa shape index (κ2) is 8.23. The molecule has 7 heteroatoms. The normalized spacial score (nSPS) is 15.0. The van der Waals surface area contributed by atoms with Gasteiger partial charge in [-0.2, -0.15) is 0 Å². The number of urea groups is 1. The highest BCUT2D eigenvalue weighted by Gasteiger charge is 2.26. The Kier molecular flexibility index (Phi) is 5.78. The van der Waals surface area contributed by atoms with Crippen molar-refractivity contribution >= 4 is 22.8 Å². The molecule has 0 saturated carbocycles. The number of amides is 3. The maximum absolute atomic E-state index is 12.5. The Hall–Kier alpha value is -2.54. The summed E-state index contributed by atoms with van der Waals surface area (Å²) in [7, 11) is 3.50. The Morgan fingerprint density at radius 3 is 2.73 bits per heavy atom. The Bertz CT molecular complexity index is 765. The van der Waals surface area contributed by atoms with Crippen molar-refractivity contribution in [3.05, 3.63) is 36.0 Å². The fourth-order valence-electron chi connectivity index (χ4n) is 3.27. The SMILES string of the molecule is CN(C)C(=O)N(CCNC(=O)c1ccc2[nH]ccc2c1)C1CCOCC1. The minimum absolute atomic E-state index is 0.0279. The lowest BCUT2D eigenvalue weighted by atomic mass is 10.1. The van der Waals surface area contributed by atoms with Crippen molar-refractivity contribution in [3.63, 3.8) is 0 Å². The number of aromatic amines is 1. The fraction of sp³-hybridized carbons (Fsp3) is 0.474. The molecule has 0 unspecified atom stereocenters. The zero-order valence-electron chi connectivity index (χ0n) is 15.3. The Morgan fingerprint density at radius 2 is 2.00 bits per heavy atom. The molecular weight excluding hydrogens is 332 g/mol. The summed E-state index contributed by atoms with van der Waals surface area (Å²) in [5, 5.41) is 3.93. The molecule has 3 amide bonds. The topological polar surface area (TPSA) is 77.7 Å². The molecule has 7 nitrogen and oxygen atoms in total. The van der Waals surface area contributed by atoms with Crippen LogP contribution in [0.2, 0.25) is 0 Å². The second-order valence-corrected chi connectivity index (χ2v) is 6.75. The number of fused-ring (bicyclic) bond motifs is 1. The van der Waals surface area contributed by atoms with E-state index in [1.165, 1.54) is 0 Å². The summed E-state index contributed by atoms with van der Waals surface area (Å²) in [5.41, 5.74) is 1.62. The number of hydrogen-bond acceptors (Lipinski definition) is 3. The molecule has 0 radical (unpaired) electrons. The van der Waals surface area contributed by atoms with Gasteiger partial charge in [0, 0.05) is 69.1 Å². The third-order valence-corrected chi connectivity index (χ3v) is 4.71. The van der Waals surface area contributed by atoms with E-state index in [9.17, 15) is 9.59 Å². The molecule has 1 aliphatic rings. The second-order valence-electron chi connectivity index (χ2n) is 6.75. The largest absolute Gasteiger partial charge is 0.381 e. The molecule has 140 valence electrons. The van der Waals surface area contributed by atoms with E-state index in [1.54, 1.807) is 25.1 Å². The lowest BCUT2D eigenvalue weighted by molar-refractivity contribution is 0.0415. The van der Waals surface area contributed by atoms with Crippen LogP contribution in [0.25, 0.3) is 10.9 Å². The molecule has 1 fully saturated rings. The molecule has 0 atom stereocenters. The van der Waals surface area contributed by atoms with Gasteiger partial charge < -0.3 is 24.8 Å². The zero-order chi connectivity index (χ0) is 18.5. The Morgan fingerprint density at radius 1 is 1.23 bits per heavy atom. The van der Waals surface area contributed by atoms with Crippen LogP contribution >= 0.6 is 0 Å². The van der Waals surface area contributed by atoms with Gasteiger partial charge in [0.2, 0.25) is 0 Å². The molecule has 26 heavy (non-hydrogen) atoms. The van der Waals surface area contributed by atoms with Crippen LogP contribution in [0, 0.1) is 0 Å². The minimum atomic E-state index is -0.127. The van der Waals surface area contributed by atoms with Gasteiger partial charge in [0.05, 0.1) is 0 Å². The maximum atomic E-state index is 12.5. The van der Waals surface area contributed by atoms with Crippen LogP contribution in [0.3, 0.4) is 0 Å². The van der Waals surface area contributed by atoms with Crippen molar-refractivity contribution in [1.82, 2.24) is 20.1 Å². The van der Waals surface area contributed by atoms with E-state index >= 15 is 0 Å². The van der Waals surface area contributed by atoms with Crippen molar-refractivity contribution in [3.8, 4) is 0 Å². The van der Waals surface area contributed by atoms with Gasteiger partial charge >= 0.3 is 6.03 Å². The van der Waals surface area contributed by atoms with Gasteiger partial charge in [-0.1, -0.05) is 0 Å². The number of H-pyrrole nitrogens is 1. The number of aromatic nitrogens is 1. The molecule has 0 spiro atoms. The van der Waals surface area contributed by atoms with Crippen LogP contribution in [0.15, 0.2) is 30.5 Å². The lowest BCUT2D eigenvalue weighted by Gasteiger charge is -2.36. The van der Waals surface area contributed by atoms with Crippen LogP contribution in [0.1, 0.15) is 23.2 Å². The van der Waals surface area contributed by atoms with E-state index < -0.39 is 0 Å². The van der Waals surface area contributed by atoms with E-state index in [0.29, 0.717) is 31.9 Å². The number of carbonyl (C=O) groups excluding carboxylic acids is 2. The summed E-state index contributed by atoms with van der Waals surface area (Å²) in [4.78, 5) is 31.5. The molecule has 2 N–H and O–H groups in total. The van der Waals surface area contributed by atoms with Crippen LogP contribution in [-0.2, 0) is 4.74 Å². The molecular formula is C19H26N4O3. The van der Waals surface area contributed by atoms with E-state index in [2.05, 4.69) is 10.3 Å². The van der Waals surface area contributed by atoms with Crippen molar-refractivity contribution < 1.29 is 14.3 Å². The molecule has 0 aliphatic carbocycles. The summed E-state index contributed by atoms with van der Waals surface area (Å²) in [6.45, 7) is 2.25. The highest BCUT2D eigenvalue weighted by molar-refractivity contribution is 5.98. The van der Waals surface area contributed by atoms with Gasteiger partial charge in [0.25, 0.3) is 5.91 Å². The Balaban J connectivity index is 1.59. The number of benzene rings is 1. The third kappa shape index (κ3) is 4.16. The van der Waals surface area contributed by atoms with E-state index in [-0.39, 0.29) is 18.0 Å². The number of hydrogen-bond donors (Lipinski definition) is 2. The maximum Gasteiger partial charge on any atom is 0.319 e. The predicted octanol–water partition coefficient (Wildman–Crippen LogP) is 2.06. The van der Waals surface area contributed by atoms with Gasteiger partial charge in [-0.15, -0.1) is 0 Å². The molecule has 1 saturated heterocycles. The van der Waals surface area contributed by atoms with Crippen molar-refractivity contribution in [2.45, 2.75) is 18.9 Å². The van der Waals surface area contributed by atoms with Crippen LogP contribution < -0.4 is 5.32 Å². The molecule has 0 bridgehead atoms. The lowest BCUT2D eigenvalue weighted by Crippen LogP contribution is -2.50. The third-order valence-electron chi connectivity index (χ3n) is 4.71. The summed E-state index contributed by atoms with van der Waals surface area (Å²) >= 11 is 0. The Labute approximate surface area is 153 Å². The number of rotatable bonds is 5. The van der Waals surface area contributed by atoms with Gasteiger partial charge in [-0.25, -0.2) is 4.79 Å². The smallest absolute Gasteiger partial charge is 0.319 e. The summed E-state index contributed by atoms with van der Waals surface area (Å²) in [5.74, 6) is -0.127. The summed E-state index contributed by atoms with van der Waals surface area (Å²) in [6.07, 6.45) is 3.51. The molecule has 1 aliphatic heterocycles. The molecule has 1 aromatic heterocycles. The molecule has 2 aromatic rings. The molecule has 3 rings (SSSR count). The van der Waals surface area contributed by atoms with Gasteiger partial charge in [-0.3, -0.25) is 4.79 Å². The monoisotopic (exact) mass is 358 g/mol. The highest BCUT2D eigenvalue weighted by Crippen LogP contribution is 2.16. The first-order valence-electron chi connectivity index (χ1n) is 8.97. The first kappa shape index (κ1) is 18.3. The predicted molar refractivity (Wildman–Crippen MR) is 100 cm³/mol. The van der Waals surface area contributed by atoms with Gasteiger partial charge in [0.15, 0.2) is 0 Å². The number of ether oxygens (including phenoxy) is 1. The van der Waals surface area contributed by atoms with Crippen LogP contribution in [0.4, 0.5) is 4.79 Å². The van der Waals surface area contributed by atoms with E-state index in [4.69, 9.17) is 4.74 Å². The number of nitrogens with zero attached hydrogens (tertiary/aromatic N) is 2. The van der Waals surface area contributed by atoms with Crippen LogP contribution in [-0.4, -0.2) is 73.2 Å². The van der Waals surface area contributed by atoms with Crippen molar-refractivity contribution in [2.24, 2.45) is 0 Å². The van der Waals surface area contributed by atoms with Crippen molar-refractivity contribution in [1.29, 1.82) is 0 Å². The molecule has 1 aromatic carbocycles. The first-order chi connectivity index (χ1) is 12.6. The fourth-order valence-corrected chi connectivity index (χ4v) is 3.27. The van der Waals surface area contributed by atoms with Crippen molar-refractivity contribution in [2.75, 3.05) is 40.4 Å². The van der Waals surface area contributed by atoms with E-state index in [0.717, 1.165) is 23.7 Å². The number of carbonyl (C=O) groups is 2. The molecule has 2 heterocycles. The summed E-state index contributed by atoms with van der Waals surface area (Å²) < 4.78 is 5.40. The van der Waals surface area contributed by atoms with Gasteiger partial charge in [0.1, 0.15) is 0 Å². The summed E-state index contributed by atoms with van der Waals surface area (Å²) in [6, 6.07) is 7.63. The van der Waals surface area contributed by atoms with Gasteiger partial charge in [-0.05, 0) is 37.1 Å².